The summed E-state index contributed by atoms with van der Waals surface area (Å²) >= 11 is 0. The summed E-state index contributed by atoms with van der Waals surface area (Å²) in [6, 6.07) is 21.2. The van der Waals surface area contributed by atoms with E-state index in [1.807, 2.05) is 0 Å². The van der Waals surface area contributed by atoms with Crippen molar-refractivity contribution in [1.29, 1.82) is 0 Å². The first-order chi connectivity index (χ1) is 12.6. The SMILES string of the molecule is CC(C)(C)[Si](C)(C)[Si](c1ccccc1)(c1ccccc1[Si](C)(C)C)C(C)(C)C. The van der Waals surface area contributed by atoms with Crippen LogP contribution in [0.25, 0.3) is 0 Å². The fraction of sp³-hybridized carbons (Fsp3) is 0.520. The van der Waals surface area contributed by atoms with E-state index in [9.17, 15) is 0 Å². The third kappa shape index (κ3) is 3.66. The van der Waals surface area contributed by atoms with Crippen molar-refractivity contribution < 1.29 is 0 Å². The standard InChI is InChI=1S/C25H42Si3/c1-24(2,3)27(10,11)28(25(4,5)6,21-17-13-12-14-18-21)23-20-16-15-19-22(23)26(7,8)9/h12-20H,1-11H3. The van der Waals surface area contributed by atoms with Crippen molar-refractivity contribution >= 4 is 38.8 Å². The molecule has 0 radical (unpaired) electrons. The molecule has 0 fully saturated rings. The second-order valence-electron chi connectivity index (χ2n) is 12.0. The lowest BCUT2D eigenvalue weighted by atomic mass is 10.2. The predicted molar refractivity (Wildman–Crippen MR) is 138 cm³/mol. The molecule has 0 spiro atoms. The van der Waals surface area contributed by atoms with Crippen LogP contribution in [0.5, 0.6) is 0 Å². The molecule has 3 heteroatoms. The van der Waals surface area contributed by atoms with Crippen molar-refractivity contribution in [3.8, 4) is 0 Å². The minimum absolute atomic E-state index is 0.243. The fourth-order valence-corrected chi connectivity index (χ4v) is 31.1. The van der Waals surface area contributed by atoms with Crippen LogP contribution in [0.15, 0.2) is 54.6 Å². The molecule has 0 amide bonds. The van der Waals surface area contributed by atoms with E-state index in [1.165, 1.54) is 0 Å². The first-order valence-electron chi connectivity index (χ1n) is 10.7. The molecular formula is C25H42Si3. The quantitative estimate of drug-likeness (QED) is 0.512. The second kappa shape index (κ2) is 7.41. The Morgan fingerprint density at radius 2 is 0.964 bits per heavy atom. The van der Waals surface area contributed by atoms with Gasteiger partial charge in [-0.25, -0.2) is 0 Å². The third-order valence-electron chi connectivity index (χ3n) is 7.28. The first kappa shape index (κ1) is 23.4. The Morgan fingerprint density at radius 1 is 0.536 bits per heavy atom. The minimum atomic E-state index is -2.09. The summed E-state index contributed by atoms with van der Waals surface area (Å²) in [5.74, 6) is 0. The zero-order chi connectivity index (χ0) is 21.6. The first-order valence-corrected chi connectivity index (χ1v) is 20.2. The molecule has 1 unspecified atom stereocenters. The average molecular weight is 427 g/mol. The zero-order valence-electron chi connectivity index (χ0n) is 20.2. The van der Waals surface area contributed by atoms with Crippen LogP contribution in [0.1, 0.15) is 41.5 Å². The summed E-state index contributed by atoms with van der Waals surface area (Å²) in [4.78, 5) is 0. The summed E-state index contributed by atoms with van der Waals surface area (Å²) in [5, 5.41) is 5.63. The second-order valence-corrected chi connectivity index (χ2v) is 31.9. The highest BCUT2D eigenvalue weighted by Crippen LogP contribution is 2.50. The van der Waals surface area contributed by atoms with E-state index in [2.05, 4.69) is 129 Å². The van der Waals surface area contributed by atoms with Crippen LogP contribution in [0, 0.1) is 0 Å². The fourth-order valence-electron chi connectivity index (χ4n) is 5.34. The van der Waals surface area contributed by atoms with Crippen LogP contribution in [0.3, 0.4) is 0 Å². The Balaban J connectivity index is 3.14. The topological polar surface area (TPSA) is 0 Å². The largest absolute Gasteiger partial charge is 0.116 e. The molecule has 28 heavy (non-hydrogen) atoms. The van der Waals surface area contributed by atoms with Gasteiger partial charge in [0.25, 0.3) is 0 Å². The number of hydrogen-bond donors (Lipinski definition) is 0. The Hall–Kier alpha value is -0.909. The van der Waals surface area contributed by atoms with Gasteiger partial charge in [0.1, 0.15) is 7.59 Å². The zero-order valence-corrected chi connectivity index (χ0v) is 23.2. The molecular weight excluding hydrogens is 385 g/mol. The van der Waals surface area contributed by atoms with Gasteiger partial charge in [-0.1, -0.05) is 144 Å². The molecule has 0 N–H and O–H groups in total. The Kier molecular flexibility index (Phi) is 6.18. The highest BCUT2D eigenvalue weighted by molar-refractivity contribution is 7.53. The normalized spacial score (nSPS) is 16.0. The van der Waals surface area contributed by atoms with Gasteiger partial charge in [0.2, 0.25) is 0 Å². The highest BCUT2D eigenvalue weighted by atomic mass is 29.3. The van der Waals surface area contributed by atoms with Gasteiger partial charge in [-0.15, -0.1) is 0 Å². The van der Waals surface area contributed by atoms with Crippen LogP contribution in [0.4, 0.5) is 0 Å². The van der Waals surface area contributed by atoms with E-state index < -0.39 is 23.3 Å². The Morgan fingerprint density at radius 3 is 1.36 bits per heavy atom. The monoisotopic (exact) mass is 426 g/mol. The van der Waals surface area contributed by atoms with E-state index in [-0.39, 0.29) is 5.04 Å². The summed E-state index contributed by atoms with van der Waals surface area (Å²) in [5.41, 5.74) is 0. The summed E-state index contributed by atoms with van der Waals surface area (Å²) in [6.07, 6.45) is 0. The lowest BCUT2D eigenvalue weighted by molar-refractivity contribution is 0.708. The Bertz CT molecular complexity index is 802. The summed E-state index contributed by atoms with van der Waals surface area (Å²) in [7, 11) is -5.32. The lowest BCUT2D eigenvalue weighted by Gasteiger charge is -2.59. The highest BCUT2D eigenvalue weighted by Gasteiger charge is 2.62. The average Bonchev–Trinajstić information content (AvgIpc) is 2.53. The summed E-state index contributed by atoms with van der Waals surface area (Å²) in [6.45, 7) is 28.1. The van der Waals surface area contributed by atoms with E-state index in [0.29, 0.717) is 5.04 Å². The van der Waals surface area contributed by atoms with Crippen molar-refractivity contribution in [2.75, 3.05) is 0 Å². The molecule has 0 aliphatic rings. The van der Waals surface area contributed by atoms with Gasteiger partial charge in [0.05, 0.1) is 15.7 Å². The van der Waals surface area contributed by atoms with Crippen molar-refractivity contribution in [3.05, 3.63) is 54.6 Å². The minimum Gasteiger partial charge on any atom is -0.0703 e. The molecule has 0 saturated heterocycles. The van der Waals surface area contributed by atoms with E-state index in [0.717, 1.165) is 0 Å². The molecule has 0 aliphatic heterocycles. The molecule has 0 aliphatic carbocycles. The Labute approximate surface area is 177 Å². The van der Waals surface area contributed by atoms with Crippen LogP contribution in [0.2, 0.25) is 42.8 Å². The molecule has 0 heterocycles. The molecule has 2 aromatic carbocycles. The number of hydrogen-bond acceptors (Lipinski definition) is 0. The molecule has 2 aromatic rings. The van der Waals surface area contributed by atoms with Gasteiger partial charge in [-0.3, -0.25) is 0 Å². The molecule has 0 nitrogen and oxygen atoms in total. The van der Waals surface area contributed by atoms with Gasteiger partial charge in [0.15, 0.2) is 0 Å². The van der Waals surface area contributed by atoms with Crippen molar-refractivity contribution in [2.45, 2.75) is 84.4 Å². The van der Waals surface area contributed by atoms with E-state index >= 15 is 0 Å². The van der Waals surface area contributed by atoms with Gasteiger partial charge in [-0.05, 0) is 10.1 Å². The van der Waals surface area contributed by atoms with E-state index in [4.69, 9.17) is 0 Å². The predicted octanol–water partition coefficient (Wildman–Crippen LogP) is 6.18. The third-order valence-corrected chi connectivity index (χ3v) is 31.7. The van der Waals surface area contributed by atoms with Crippen molar-refractivity contribution in [1.82, 2.24) is 0 Å². The molecule has 154 valence electrons. The maximum absolute atomic E-state index is 2.69. The van der Waals surface area contributed by atoms with Gasteiger partial charge in [0, 0.05) is 0 Å². The molecule has 0 saturated carbocycles. The van der Waals surface area contributed by atoms with E-state index in [1.54, 1.807) is 15.6 Å². The van der Waals surface area contributed by atoms with Crippen LogP contribution in [-0.4, -0.2) is 23.3 Å². The smallest absolute Gasteiger partial charge is 0.0703 e. The molecule has 2 rings (SSSR count). The van der Waals surface area contributed by atoms with Crippen LogP contribution >= 0.6 is 0 Å². The van der Waals surface area contributed by atoms with Crippen LogP contribution in [-0.2, 0) is 0 Å². The molecule has 1 atom stereocenters. The molecule has 0 aromatic heterocycles. The van der Waals surface area contributed by atoms with Gasteiger partial charge >= 0.3 is 0 Å². The maximum Gasteiger partial charge on any atom is 0.116 e. The number of rotatable bonds is 4. The molecule has 0 bridgehead atoms. The summed E-state index contributed by atoms with van der Waals surface area (Å²) < 4.78 is 0. The van der Waals surface area contributed by atoms with Crippen LogP contribution < -0.4 is 15.6 Å². The lowest BCUT2D eigenvalue weighted by Crippen LogP contribution is -2.83. The van der Waals surface area contributed by atoms with Crippen molar-refractivity contribution in [3.63, 3.8) is 0 Å². The van der Waals surface area contributed by atoms with Gasteiger partial charge < -0.3 is 0 Å². The van der Waals surface area contributed by atoms with Crippen molar-refractivity contribution in [2.24, 2.45) is 0 Å². The van der Waals surface area contributed by atoms with Gasteiger partial charge in [-0.2, -0.15) is 0 Å². The number of benzene rings is 2. The maximum atomic E-state index is 2.69.